The number of hydrogen-bond acceptors (Lipinski definition) is 6. The number of aromatic amines is 1. The number of carbonyl (C=O) groups is 1. The van der Waals surface area contributed by atoms with Crippen LogP contribution in [-0.4, -0.2) is 38.7 Å². The van der Waals surface area contributed by atoms with Crippen molar-refractivity contribution in [1.82, 2.24) is 20.2 Å². The quantitative estimate of drug-likeness (QED) is 0.400. The van der Waals surface area contributed by atoms with Crippen molar-refractivity contribution in [3.05, 3.63) is 60.9 Å². The molecule has 8 heteroatoms. The fraction of sp³-hybridized carbons (Fsp3) is 0.333. The van der Waals surface area contributed by atoms with Gasteiger partial charge in [0, 0.05) is 23.3 Å². The molecule has 6 rings (SSSR count). The summed E-state index contributed by atoms with van der Waals surface area (Å²) in [6, 6.07) is 15.4. The van der Waals surface area contributed by atoms with E-state index in [1.807, 2.05) is 55.5 Å². The maximum atomic E-state index is 13.6. The molecule has 8 nitrogen and oxygen atoms in total. The summed E-state index contributed by atoms with van der Waals surface area (Å²) in [7, 11) is 0. The van der Waals surface area contributed by atoms with Gasteiger partial charge in [-0.3, -0.25) is 14.8 Å². The highest BCUT2D eigenvalue weighted by Crippen LogP contribution is 2.40. The molecule has 0 saturated heterocycles. The van der Waals surface area contributed by atoms with Crippen molar-refractivity contribution in [3.8, 4) is 0 Å². The smallest absolute Gasteiger partial charge is 0.254 e. The Balaban J connectivity index is 1.39. The predicted octanol–water partition coefficient (Wildman–Crippen LogP) is 5.55. The summed E-state index contributed by atoms with van der Waals surface area (Å²) in [5.74, 6) is 1.93. The summed E-state index contributed by atoms with van der Waals surface area (Å²) in [6.45, 7) is 2.83. The Morgan fingerprint density at radius 3 is 2.71 bits per heavy atom. The van der Waals surface area contributed by atoms with Crippen LogP contribution in [0.5, 0.6) is 0 Å². The van der Waals surface area contributed by atoms with Gasteiger partial charge >= 0.3 is 0 Å². The Morgan fingerprint density at radius 2 is 1.89 bits per heavy atom. The first kappa shape index (κ1) is 21.6. The van der Waals surface area contributed by atoms with E-state index in [9.17, 15) is 4.79 Å². The van der Waals surface area contributed by atoms with Crippen LogP contribution < -0.4 is 15.1 Å². The first-order valence-electron chi connectivity index (χ1n) is 12.4. The summed E-state index contributed by atoms with van der Waals surface area (Å²) in [5, 5.41) is 11.4. The number of amides is 1. The van der Waals surface area contributed by atoms with Crippen LogP contribution in [0.3, 0.4) is 0 Å². The minimum absolute atomic E-state index is 0.0502. The van der Waals surface area contributed by atoms with Crippen LogP contribution in [0.4, 0.5) is 28.8 Å². The normalized spacial score (nSPS) is 18.7. The molecule has 0 spiro atoms. The highest BCUT2D eigenvalue weighted by Gasteiger charge is 2.39. The van der Waals surface area contributed by atoms with Crippen LogP contribution in [0.2, 0.25) is 0 Å². The molecule has 1 atom stereocenters. The van der Waals surface area contributed by atoms with Crippen LogP contribution in [-0.2, 0) is 4.79 Å². The molecular formula is C27H29N7O. The van der Waals surface area contributed by atoms with Crippen LogP contribution in [0, 0.1) is 5.92 Å². The van der Waals surface area contributed by atoms with Gasteiger partial charge in [0.05, 0.1) is 17.9 Å². The summed E-state index contributed by atoms with van der Waals surface area (Å²) in [5.41, 5.74) is 3.42. The zero-order chi connectivity index (χ0) is 23.8. The van der Waals surface area contributed by atoms with E-state index in [-0.39, 0.29) is 11.9 Å². The van der Waals surface area contributed by atoms with Gasteiger partial charge in [0.25, 0.3) is 5.91 Å². The monoisotopic (exact) mass is 467 g/mol. The van der Waals surface area contributed by atoms with Crippen LogP contribution in [0.25, 0.3) is 10.9 Å². The average Bonchev–Trinajstić information content (AvgIpc) is 3.36. The number of carbonyl (C=O) groups excluding carboxylic acids is 1. The van der Waals surface area contributed by atoms with E-state index in [1.165, 1.54) is 32.1 Å². The molecule has 1 aliphatic carbocycles. The summed E-state index contributed by atoms with van der Waals surface area (Å²) >= 11 is 0. The van der Waals surface area contributed by atoms with Crippen LogP contribution >= 0.6 is 0 Å². The first-order valence-corrected chi connectivity index (χ1v) is 12.4. The first-order chi connectivity index (χ1) is 17.2. The van der Waals surface area contributed by atoms with E-state index in [0.29, 0.717) is 11.9 Å². The van der Waals surface area contributed by atoms with Crippen molar-refractivity contribution in [3.63, 3.8) is 0 Å². The Bertz CT molecular complexity index is 1350. The van der Waals surface area contributed by atoms with Gasteiger partial charge in [-0.05, 0) is 56.0 Å². The fourth-order valence-electron chi connectivity index (χ4n) is 5.30. The molecule has 2 N–H and O–H groups in total. The second-order valence-corrected chi connectivity index (χ2v) is 9.54. The highest BCUT2D eigenvalue weighted by atomic mass is 16.2. The Labute approximate surface area is 204 Å². The lowest BCUT2D eigenvalue weighted by atomic mass is 9.88. The van der Waals surface area contributed by atoms with Gasteiger partial charge in [0.2, 0.25) is 5.95 Å². The Hall–Kier alpha value is -3.94. The fourth-order valence-corrected chi connectivity index (χ4v) is 5.30. The van der Waals surface area contributed by atoms with Crippen molar-refractivity contribution >= 4 is 45.6 Å². The predicted molar refractivity (Wildman–Crippen MR) is 138 cm³/mol. The third kappa shape index (κ3) is 4.09. The molecule has 1 aliphatic heterocycles. The molecule has 1 saturated carbocycles. The van der Waals surface area contributed by atoms with Crippen molar-refractivity contribution in [2.45, 2.75) is 45.1 Å². The second kappa shape index (κ2) is 9.02. The van der Waals surface area contributed by atoms with Crippen molar-refractivity contribution in [2.24, 2.45) is 5.92 Å². The summed E-state index contributed by atoms with van der Waals surface area (Å²) < 4.78 is 0. The van der Waals surface area contributed by atoms with Crippen molar-refractivity contribution in [2.75, 3.05) is 21.7 Å². The molecule has 2 aromatic heterocycles. The highest BCUT2D eigenvalue weighted by molar-refractivity contribution is 6.09. The molecule has 3 heterocycles. The number of benzene rings is 2. The topological polar surface area (TPSA) is 90.0 Å². The molecular weight excluding hydrogens is 438 g/mol. The Kier molecular flexibility index (Phi) is 5.56. The van der Waals surface area contributed by atoms with Crippen molar-refractivity contribution in [1.29, 1.82) is 0 Å². The maximum Gasteiger partial charge on any atom is 0.254 e. The Morgan fingerprint density at radius 1 is 1.06 bits per heavy atom. The number of para-hydroxylation sites is 1. The molecule has 0 bridgehead atoms. The lowest BCUT2D eigenvalue weighted by Crippen LogP contribution is -2.52. The van der Waals surface area contributed by atoms with E-state index < -0.39 is 0 Å². The minimum atomic E-state index is -0.310. The molecule has 4 aromatic rings. The van der Waals surface area contributed by atoms with Crippen LogP contribution in [0.1, 0.15) is 39.0 Å². The molecule has 2 aromatic carbocycles. The minimum Gasteiger partial charge on any atom is -0.343 e. The van der Waals surface area contributed by atoms with Gasteiger partial charge < -0.3 is 10.2 Å². The number of aromatic nitrogens is 4. The third-order valence-corrected chi connectivity index (χ3v) is 7.20. The number of nitrogens with one attached hydrogen (secondary N) is 2. The standard InChI is InChI=1S/C27H29N7O/c1-18-26(35)34(22-10-6-3-7-11-22)24-16-28-27(30-21-12-13-23-20(14-21)15-29-32-23)31-25(24)33(18)17-19-8-4-2-5-9-19/h3,6-7,10-16,18-19H,2,4-5,8-9,17H2,1H3,(H,29,32)(H,28,30,31)/t18-/m1/s1. The van der Waals surface area contributed by atoms with E-state index in [4.69, 9.17) is 4.98 Å². The van der Waals surface area contributed by atoms with Crippen LogP contribution in [0.15, 0.2) is 60.9 Å². The molecule has 1 fully saturated rings. The van der Waals surface area contributed by atoms with Crippen molar-refractivity contribution < 1.29 is 4.79 Å². The van der Waals surface area contributed by atoms with Gasteiger partial charge in [-0.15, -0.1) is 0 Å². The molecule has 0 radical (unpaired) electrons. The number of hydrogen-bond donors (Lipinski definition) is 2. The number of H-pyrrole nitrogens is 1. The van der Waals surface area contributed by atoms with E-state index in [2.05, 4.69) is 25.4 Å². The zero-order valence-corrected chi connectivity index (χ0v) is 19.8. The van der Waals surface area contributed by atoms with Gasteiger partial charge in [0.1, 0.15) is 11.7 Å². The molecule has 0 unspecified atom stereocenters. The number of fused-ring (bicyclic) bond motifs is 2. The maximum absolute atomic E-state index is 13.6. The molecule has 1 amide bonds. The number of nitrogens with zero attached hydrogens (tertiary/aromatic N) is 5. The van der Waals surface area contributed by atoms with Gasteiger partial charge in [0.15, 0.2) is 5.82 Å². The van der Waals surface area contributed by atoms with Gasteiger partial charge in [-0.2, -0.15) is 10.1 Å². The molecule has 178 valence electrons. The average molecular weight is 468 g/mol. The van der Waals surface area contributed by atoms with Gasteiger partial charge in [-0.25, -0.2) is 4.98 Å². The molecule has 35 heavy (non-hydrogen) atoms. The van der Waals surface area contributed by atoms with Gasteiger partial charge in [-0.1, -0.05) is 37.5 Å². The largest absolute Gasteiger partial charge is 0.343 e. The van der Waals surface area contributed by atoms with E-state index >= 15 is 0 Å². The SMILES string of the molecule is C[C@@H]1C(=O)N(c2ccccc2)c2cnc(Nc3ccc4[nH]ncc4c3)nc2N1CC1CCCCC1. The number of rotatable bonds is 5. The number of anilines is 5. The summed E-state index contributed by atoms with van der Waals surface area (Å²) in [4.78, 5) is 27.2. The van der Waals surface area contributed by atoms with E-state index in [1.54, 1.807) is 17.3 Å². The molecule has 2 aliphatic rings. The lowest BCUT2D eigenvalue weighted by molar-refractivity contribution is -0.119. The van der Waals surface area contributed by atoms with E-state index in [0.717, 1.165) is 40.3 Å². The third-order valence-electron chi connectivity index (χ3n) is 7.20. The summed E-state index contributed by atoms with van der Waals surface area (Å²) in [6.07, 6.45) is 9.80. The second-order valence-electron chi connectivity index (χ2n) is 9.54. The zero-order valence-electron chi connectivity index (χ0n) is 19.8. The lowest BCUT2D eigenvalue weighted by Gasteiger charge is -2.42.